The number of sulfonamides is 1. The van der Waals surface area contributed by atoms with E-state index in [9.17, 15) is 26.0 Å². The van der Waals surface area contributed by atoms with Gasteiger partial charge in [0.2, 0.25) is 10.0 Å². The van der Waals surface area contributed by atoms with Crippen molar-refractivity contribution in [1.82, 2.24) is 9.97 Å². The number of carbonyl (C=O) groups is 1. The lowest BCUT2D eigenvalue weighted by Crippen LogP contribution is -2.21. The molecule has 0 fully saturated rings. The topological polar surface area (TPSA) is 125 Å². The van der Waals surface area contributed by atoms with E-state index in [4.69, 9.17) is 9.90 Å². The predicted octanol–water partition coefficient (Wildman–Crippen LogP) is 4.00. The molecule has 3 N–H and O–H groups in total. The van der Waals surface area contributed by atoms with Crippen LogP contribution in [0.25, 0.3) is 0 Å². The van der Waals surface area contributed by atoms with Crippen LogP contribution in [0.1, 0.15) is 5.56 Å². The third-order valence-electron chi connectivity index (χ3n) is 4.24. The van der Waals surface area contributed by atoms with E-state index in [-0.39, 0.29) is 17.8 Å². The normalized spacial score (nSPS) is 11.1. The monoisotopic (exact) mass is 515 g/mol. The standard InChI is InChI=1S/C19H20FN5O2S.C2HF3O2/c1-25(14-7-4-3-5-8-14)19-11-18(22-13-23-19)21-12-15-16(20)9-6-10-17(15)24-28(2,26)27;3-2(4,5)1(6)7/h3-11,13,24H,12H2,1-2H3,(H,21,22,23);(H,6,7). The summed E-state index contributed by atoms with van der Waals surface area (Å²) in [7, 11) is -1.64. The van der Waals surface area contributed by atoms with Gasteiger partial charge in [0.1, 0.15) is 23.8 Å². The van der Waals surface area contributed by atoms with Crippen molar-refractivity contribution >= 4 is 39.0 Å². The lowest BCUT2D eigenvalue weighted by Gasteiger charge is -2.19. The number of alkyl halides is 3. The maximum Gasteiger partial charge on any atom is 0.490 e. The Kier molecular flexibility index (Phi) is 8.94. The number of carboxylic acids is 1. The molecule has 0 radical (unpaired) electrons. The van der Waals surface area contributed by atoms with Crippen molar-refractivity contribution in [1.29, 1.82) is 0 Å². The molecule has 2 aromatic carbocycles. The largest absolute Gasteiger partial charge is 0.490 e. The molecule has 9 nitrogen and oxygen atoms in total. The number of hydrogen-bond acceptors (Lipinski definition) is 7. The van der Waals surface area contributed by atoms with E-state index < -0.39 is 28.0 Å². The van der Waals surface area contributed by atoms with Crippen molar-refractivity contribution < 1.29 is 35.9 Å². The summed E-state index contributed by atoms with van der Waals surface area (Å²) in [4.78, 5) is 19.2. The van der Waals surface area contributed by atoms with Crippen LogP contribution in [0.4, 0.5) is 40.6 Å². The molecule has 0 atom stereocenters. The fourth-order valence-corrected chi connectivity index (χ4v) is 3.21. The van der Waals surface area contributed by atoms with E-state index in [1.165, 1.54) is 24.5 Å². The van der Waals surface area contributed by atoms with Crippen molar-refractivity contribution in [3.05, 3.63) is 72.3 Å². The van der Waals surface area contributed by atoms with Crippen LogP contribution in [0.3, 0.4) is 0 Å². The van der Waals surface area contributed by atoms with E-state index in [0.29, 0.717) is 11.6 Å². The number of hydrogen-bond donors (Lipinski definition) is 3. The Balaban J connectivity index is 0.000000540. The summed E-state index contributed by atoms with van der Waals surface area (Å²) in [5.41, 5.74) is 1.34. The van der Waals surface area contributed by atoms with Crippen molar-refractivity contribution in [2.24, 2.45) is 0 Å². The fourth-order valence-electron chi connectivity index (χ4n) is 2.62. The minimum atomic E-state index is -5.08. The molecule has 14 heteroatoms. The van der Waals surface area contributed by atoms with Crippen molar-refractivity contribution in [3.8, 4) is 0 Å². The van der Waals surface area contributed by atoms with Gasteiger partial charge in [-0.15, -0.1) is 0 Å². The summed E-state index contributed by atoms with van der Waals surface area (Å²) in [6.07, 6.45) is -2.65. The Morgan fingerprint density at radius 3 is 2.29 bits per heavy atom. The number of para-hydroxylation sites is 1. The highest BCUT2D eigenvalue weighted by molar-refractivity contribution is 7.92. The van der Waals surface area contributed by atoms with Gasteiger partial charge in [0.25, 0.3) is 0 Å². The zero-order valence-corrected chi connectivity index (χ0v) is 19.2. The number of halogens is 4. The maximum atomic E-state index is 14.2. The second-order valence-corrected chi connectivity index (χ2v) is 8.70. The molecule has 0 spiro atoms. The van der Waals surface area contributed by atoms with E-state index in [2.05, 4.69) is 20.0 Å². The molecule has 0 amide bonds. The summed E-state index contributed by atoms with van der Waals surface area (Å²) in [5.74, 6) is -2.13. The average Bonchev–Trinajstić information content (AvgIpc) is 2.78. The summed E-state index contributed by atoms with van der Waals surface area (Å²) in [5, 5.41) is 10.1. The molecule has 0 saturated heterocycles. The van der Waals surface area contributed by atoms with Crippen LogP contribution in [-0.4, -0.2) is 48.9 Å². The first-order chi connectivity index (χ1) is 16.3. The highest BCUT2D eigenvalue weighted by atomic mass is 32.2. The molecule has 0 aliphatic heterocycles. The zero-order chi connectivity index (χ0) is 26.2. The number of nitrogens with zero attached hydrogens (tertiary/aromatic N) is 3. The molecule has 0 aliphatic carbocycles. The molecule has 3 aromatic rings. The van der Waals surface area contributed by atoms with Crippen LogP contribution in [-0.2, 0) is 21.4 Å². The predicted molar refractivity (Wildman–Crippen MR) is 122 cm³/mol. The molecule has 0 unspecified atom stereocenters. The van der Waals surface area contributed by atoms with Gasteiger partial charge in [-0.05, 0) is 24.3 Å². The van der Waals surface area contributed by atoms with Crippen LogP contribution < -0.4 is 14.9 Å². The highest BCUT2D eigenvalue weighted by Gasteiger charge is 2.38. The number of benzene rings is 2. The first kappa shape index (κ1) is 27.3. The first-order valence-electron chi connectivity index (χ1n) is 9.68. The van der Waals surface area contributed by atoms with Gasteiger partial charge < -0.3 is 15.3 Å². The number of rotatable bonds is 7. The van der Waals surface area contributed by atoms with E-state index in [1.807, 2.05) is 42.3 Å². The van der Waals surface area contributed by atoms with Crippen LogP contribution in [0.5, 0.6) is 0 Å². The second kappa shape index (κ2) is 11.5. The lowest BCUT2D eigenvalue weighted by molar-refractivity contribution is -0.192. The summed E-state index contributed by atoms with van der Waals surface area (Å²) in [6, 6.07) is 15.7. The molecule has 35 heavy (non-hydrogen) atoms. The van der Waals surface area contributed by atoms with E-state index in [0.717, 1.165) is 11.9 Å². The van der Waals surface area contributed by atoms with Gasteiger partial charge in [-0.2, -0.15) is 13.2 Å². The smallest absolute Gasteiger partial charge is 0.475 e. The van der Waals surface area contributed by atoms with Crippen LogP contribution >= 0.6 is 0 Å². The number of carboxylic acid groups (broad SMARTS) is 1. The number of nitrogens with one attached hydrogen (secondary N) is 2. The average molecular weight is 515 g/mol. The van der Waals surface area contributed by atoms with Gasteiger partial charge in [0.05, 0.1) is 11.9 Å². The van der Waals surface area contributed by atoms with Crippen LogP contribution in [0, 0.1) is 5.82 Å². The Labute approximate surface area is 198 Å². The Morgan fingerprint density at radius 1 is 1.09 bits per heavy atom. The van der Waals surface area contributed by atoms with Crippen LogP contribution in [0.2, 0.25) is 0 Å². The first-order valence-corrected chi connectivity index (χ1v) is 11.6. The minimum Gasteiger partial charge on any atom is -0.475 e. The van der Waals surface area contributed by atoms with Gasteiger partial charge >= 0.3 is 12.1 Å². The fraction of sp³-hybridized carbons (Fsp3) is 0.190. The Hall–Kier alpha value is -3.94. The van der Waals surface area contributed by atoms with Gasteiger partial charge in [0.15, 0.2) is 0 Å². The maximum absolute atomic E-state index is 14.2. The van der Waals surface area contributed by atoms with Crippen LogP contribution in [0.15, 0.2) is 60.9 Å². The highest BCUT2D eigenvalue weighted by Crippen LogP contribution is 2.24. The van der Waals surface area contributed by atoms with Crippen molar-refractivity contribution in [3.63, 3.8) is 0 Å². The molecule has 3 rings (SSSR count). The number of anilines is 4. The molecule has 1 heterocycles. The third kappa shape index (κ3) is 8.73. The second-order valence-electron chi connectivity index (χ2n) is 6.95. The molecular formula is C21H21F4N5O4S. The SMILES string of the molecule is CN(c1ccccc1)c1cc(NCc2c(F)cccc2NS(C)(=O)=O)ncn1.O=C(O)C(F)(F)F. The molecule has 188 valence electrons. The molecular weight excluding hydrogens is 494 g/mol. The summed E-state index contributed by atoms with van der Waals surface area (Å²) >= 11 is 0. The van der Waals surface area contributed by atoms with Gasteiger partial charge in [-0.25, -0.2) is 27.6 Å². The van der Waals surface area contributed by atoms with E-state index in [1.54, 1.807) is 6.07 Å². The lowest BCUT2D eigenvalue weighted by atomic mass is 10.1. The van der Waals surface area contributed by atoms with Gasteiger partial charge in [0, 0.05) is 30.9 Å². The quantitative estimate of drug-likeness (QED) is 0.404. The van der Waals surface area contributed by atoms with Crippen molar-refractivity contribution in [2.75, 3.05) is 28.2 Å². The third-order valence-corrected chi connectivity index (χ3v) is 4.83. The number of aromatic nitrogens is 2. The van der Waals surface area contributed by atoms with Crippen molar-refractivity contribution in [2.45, 2.75) is 12.7 Å². The number of aliphatic carboxylic acids is 1. The van der Waals surface area contributed by atoms with Gasteiger partial charge in [-0.1, -0.05) is 24.3 Å². The molecule has 0 bridgehead atoms. The Morgan fingerprint density at radius 2 is 1.71 bits per heavy atom. The molecule has 0 aliphatic rings. The summed E-state index contributed by atoms with van der Waals surface area (Å²) in [6.45, 7) is 0.0516. The minimum absolute atomic E-state index is 0.0516. The van der Waals surface area contributed by atoms with E-state index >= 15 is 0 Å². The molecule has 1 aromatic heterocycles. The molecule has 0 saturated carbocycles. The Bertz CT molecular complexity index is 1260. The zero-order valence-electron chi connectivity index (χ0n) is 18.4. The van der Waals surface area contributed by atoms with Gasteiger partial charge in [-0.3, -0.25) is 4.72 Å². The summed E-state index contributed by atoms with van der Waals surface area (Å²) < 4.78 is 71.3.